The smallest absolute Gasteiger partial charge is 0.303 e. The number of thiazole rings is 1. The number of rotatable bonds is 10. The Hall–Kier alpha value is -3.08. The number of nitrogens with zero attached hydrogens (tertiary/aromatic N) is 4. The van der Waals surface area contributed by atoms with Gasteiger partial charge in [0.2, 0.25) is 0 Å². The van der Waals surface area contributed by atoms with Crippen molar-refractivity contribution in [1.29, 1.82) is 0 Å². The van der Waals surface area contributed by atoms with Crippen molar-refractivity contribution in [3.8, 4) is 17.2 Å². The Kier molecular flexibility index (Phi) is 7.74. The fourth-order valence-electron chi connectivity index (χ4n) is 5.23. The summed E-state index contributed by atoms with van der Waals surface area (Å²) >= 11 is 10.0. The van der Waals surface area contributed by atoms with Gasteiger partial charge in [0.15, 0.2) is 17.3 Å². The van der Waals surface area contributed by atoms with E-state index in [0.29, 0.717) is 28.9 Å². The molecule has 8 nitrogen and oxygen atoms in total. The predicted octanol–water partition coefficient (Wildman–Crippen LogP) is 6.80. The Labute approximate surface area is 245 Å². The molecule has 0 bridgehead atoms. The zero-order chi connectivity index (χ0) is 27.8. The van der Waals surface area contributed by atoms with Gasteiger partial charge in [-0.25, -0.2) is 4.98 Å². The number of ether oxygens (including phenoxy) is 2. The van der Waals surface area contributed by atoms with Crippen LogP contribution in [0.1, 0.15) is 74.8 Å². The molecule has 0 amide bonds. The minimum absolute atomic E-state index is 0.0125. The van der Waals surface area contributed by atoms with Crippen molar-refractivity contribution in [3.05, 3.63) is 80.3 Å². The van der Waals surface area contributed by atoms with Crippen LogP contribution in [0.25, 0.3) is 5.69 Å². The molecule has 208 valence electrons. The monoisotopic (exact) mass is 596 g/mol. The first kappa shape index (κ1) is 27.1. The topological polar surface area (TPSA) is 99.4 Å². The van der Waals surface area contributed by atoms with E-state index in [1.165, 1.54) is 0 Å². The van der Waals surface area contributed by atoms with E-state index in [1.807, 2.05) is 36.0 Å². The van der Waals surface area contributed by atoms with Crippen LogP contribution in [0.4, 0.5) is 0 Å². The van der Waals surface area contributed by atoms with E-state index in [0.717, 1.165) is 64.0 Å². The first-order valence-electron chi connectivity index (χ1n) is 13.2. The van der Waals surface area contributed by atoms with E-state index in [1.54, 1.807) is 31.8 Å². The number of fused-ring (bicyclic) bond motifs is 3. The molecule has 40 heavy (non-hydrogen) atoms. The van der Waals surface area contributed by atoms with Crippen LogP contribution in [-0.2, 0) is 17.6 Å². The number of carboxylic acid groups (broad SMARTS) is 1. The molecule has 1 N–H and O–H groups in total. The summed E-state index contributed by atoms with van der Waals surface area (Å²) in [6, 6.07) is 12.0. The highest BCUT2D eigenvalue weighted by Crippen LogP contribution is 2.55. The third-order valence-corrected chi connectivity index (χ3v) is 10.2. The van der Waals surface area contributed by atoms with Crippen molar-refractivity contribution < 1.29 is 19.4 Å². The van der Waals surface area contributed by atoms with Crippen LogP contribution in [0.15, 0.2) is 42.6 Å². The van der Waals surface area contributed by atoms with Gasteiger partial charge in [-0.15, -0.1) is 33.3 Å². The summed E-state index contributed by atoms with van der Waals surface area (Å²) < 4.78 is 13.8. The molecule has 1 saturated carbocycles. The van der Waals surface area contributed by atoms with E-state index < -0.39 is 5.97 Å². The quantitative estimate of drug-likeness (QED) is 0.213. The number of hydrogen-bond donors (Lipinski definition) is 1. The van der Waals surface area contributed by atoms with E-state index in [-0.39, 0.29) is 16.9 Å². The van der Waals surface area contributed by atoms with Crippen LogP contribution in [0.2, 0.25) is 5.02 Å². The Balaban J connectivity index is 1.42. The number of hydrogen-bond acceptors (Lipinski definition) is 8. The number of benzene rings is 2. The number of carboxylic acids is 1. The molecular weight excluding hydrogens is 568 g/mol. The number of para-hydroxylation sites is 1. The Morgan fingerprint density at radius 2 is 1.93 bits per heavy atom. The second-order valence-electron chi connectivity index (χ2n) is 9.97. The molecule has 3 heterocycles. The lowest BCUT2D eigenvalue weighted by molar-refractivity contribution is -0.136. The van der Waals surface area contributed by atoms with Gasteiger partial charge in [0.1, 0.15) is 5.82 Å². The third kappa shape index (κ3) is 5.32. The maximum Gasteiger partial charge on any atom is 0.303 e. The molecule has 0 saturated heterocycles. The molecule has 1 aliphatic heterocycles. The summed E-state index contributed by atoms with van der Waals surface area (Å²) in [5.74, 6) is 2.94. The highest BCUT2D eigenvalue weighted by Gasteiger charge is 2.38. The lowest BCUT2D eigenvalue weighted by atomic mass is 10.0. The molecular formula is C29H29ClN4O4S2. The van der Waals surface area contributed by atoms with Crippen LogP contribution in [0.3, 0.4) is 0 Å². The van der Waals surface area contributed by atoms with Crippen LogP contribution >= 0.6 is 34.7 Å². The summed E-state index contributed by atoms with van der Waals surface area (Å²) in [4.78, 5) is 16.6. The molecule has 4 aromatic rings. The van der Waals surface area contributed by atoms with E-state index in [9.17, 15) is 4.79 Å². The molecule has 11 heteroatoms. The number of methoxy groups -OCH3 is 2. The van der Waals surface area contributed by atoms with E-state index in [4.69, 9.17) is 31.3 Å². The van der Waals surface area contributed by atoms with Gasteiger partial charge in [0, 0.05) is 34.0 Å². The summed E-state index contributed by atoms with van der Waals surface area (Å²) in [6.45, 7) is 0. The zero-order valence-corrected chi connectivity index (χ0v) is 24.6. The van der Waals surface area contributed by atoms with Gasteiger partial charge in [-0.05, 0) is 55.5 Å². The number of halogens is 1. The van der Waals surface area contributed by atoms with Crippen LogP contribution in [-0.4, -0.2) is 45.0 Å². The predicted molar refractivity (Wildman–Crippen MR) is 156 cm³/mol. The standard InChI is InChI=1S/C29H29ClN4O4S2/c1-37-22-5-3-4-19(26(22)38-2)27-20-14-17(30)8-10-21(20)34-28(16-6-7-16)32-33-29(34)23(40-27)11-12-24-31-15-18(39-24)9-13-25(35)36/h3-5,8,10,14-16,23,27H,6-7,9,11-13H2,1-2H3,(H,35,36)/t23-,27-/m1/s1. The fourth-order valence-corrected chi connectivity index (χ4v) is 7.87. The summed E-state index contributed by atoms with van der Waals surface area (Å²) in [5.41, 5.74) is 3.14. The first-order chi connectivity index (χ1) is 19.5. The minimum atomic E-state index is -0.797. The highest BCUT2D eigenvalue weighted by atomic mass is 35.5. The van der Waals surface area contributed by atoms with Gasteiger partial charge < -0.3 is 14.6 Å². The molecule has 0 radical (unpaired) electrons. The minimum Gasteiger partial charge on any atom is -0.493 e. The van der Waals surface area contributed by atoms with Crippen molar-refractivity contribution in [2.75, 3.05) is 14.2 Å². The van der Waals surface area contributed by atoms with Crippen LogP contribution in [0, 0.1) is 0 Å². The summed E-state index contributed by atoms with van der Waals surface area (Å²) in [5, 5.41) is 20.1. The number of aliphatic carboxylic acids is 1. The summed E-state index contributed by atoms with van der Waals surface area (Å²) in [6.07, 6.45) is 6.19. The van der Waals surface area contributed by atoms with Gasteiger partial charge in [0.05, 0.1) is 41.8 Å². The number of aryl methyl sites for hydroxylation is 2. The Bertz CT molecular complexity index is 1550. The first-order valence-corrected chi connectivity index (χ1v) is 15.4. The van der Waals surface area contributed by atoms with Gasteiger partial charge in [-0.3, -0.25) is 9.36 Å². The molecule has 6 rings (SSSR count). The van der Waals surface area contributed by atoms with E-state index in [2.05, 4.69) is 26.8 Å². The Morgan fingerprint density at radius 1 is 1.10 bits per heavy atom. The van der Waals surface area contributed by atoms with E-state index >= 15 is 0 Å². The van der Waals surface area contributed by atoms with Crippen LogP contribution < -0.4 is 9.47 Å². The summed E-state index contributed by atoms with van der Waals surface area (Å²) in [7, 11) is 3.32. The van der Waals surface area contributed by atoms with Gasteiger partial charge in [-0.1, -0.05) is 23.7 Å². The highest BCUT2D eigenvalue weighted by molar-refractivity contribution is 8.00. The number of thioether (sulfide) groups is 1. The van der Waals surface area contributed by atoms with Crippen molar-refractivity contribution in [3.63, 3.8) is 0 Å². The molecule has 1 fully saturated rings. The lowest BCUT2D eigenvalue weighted by Crippen LogP contribution is -2.08. The van der Waals surface area contributed by atoms with Crippen molar-refractivity contribution in [2.45, 2.75) is 54.9 Å². The molecule has 0 unspecified atom stereocenters. The van der Waals surface area contributed by atoms with Crippen molar-refractivity contribution in [1.82, 2.24) is 19.7 Å². The number of carbonyl (C=O) groups is 1. The molecule has 1 aliphatic carbocycles. The lowest BCUT2D eigenvalue weighted by Gasteiger charge is -2.24. The largest absolute Gasteiger partial charge is 0.493 e. The average Bonchev–Trinajstić information content (AvgIpc) is 3.58. The van der Waals surface area contributed by atoms with Gasteiger partial charge in [-0.2, -0.15) is 0 Å². The van der Waals surface area contributed by atoms with Crippen molar-refractivity contribution in [2.24, 2.45) is 0 Å². The van der Waals surface area contributed by atoms with Crippen molar-refractivity contribution >= 4 is 40.7 Å². The van der Waals surface area contributed by atoms with Gasteiger partial charge >= 0.3 is 5.97 Å². The third-order valence-electron chi connectivity index (χ3n) is 7.28. The second-order valence-corrected chi connectivity index (χ2v) is 12.9. The number of aromatic nitrogens is 4. The second kappa shape index (κ2) is 11.4. The van der Waals surface area contributed by atoms with Gasteiger partial charge in [0.25, 0.3) is 0 Å². The molecule has 2 atom stereocenters. The Morgan fingerprint density at radius 3 is 2.67 bits per heavy atom. The molecule has 2 aliphatic rings. The molecule has 2 aromatic heterocycles. The normalized spacial score (nSPS) is 18.1. The average molecular weight is 597 g/mol. The fraction of sp³-hybridized carbons (Fsp3) is 0.379. The molecule has 0 spiro atoms. The zero-order valence-electron chi connectivity index (χ0n) is 22.2. The SMILES string of the molecule is COc1cccc([C@H]2S[C@H](CCc3ncc(CCC(=O)O)s3)c3nnc(C4CC4)n3-c3ccc(Cl)cc32)c1OC. The van der Waals surface area contributed by atoms with Crippen LogP contribution in [0.5, 0.6) is 11.5 Å². The maximum absolute atomic E-state index is 11.0. The maximum atomic E-state index is 11.0. The molecule has 2 aromatic carbocycles.